The molecule has 0 aliphatic rings. The lowest BCUT2D eigenvalue weighted by Gasteiger charge is -1.93. The van der Waals surface area contributed by atoms with E-state index in [2.05, 4.69) is 15.1 Å². The maximum absolute atomic E-state index is 5.96. The lowest BCUT2D eigenvalue weighted by atomic mass is 10.3. The first-order valence-corrected chi connectivity index (χ1v) is 6.19. The molecule has 0 spiro atoms. The fourth-order valence-corrected chi connectivity index (χ4v) is 2.50. The molecule has 0 bridgehead atoms. The largest absolute Gasteiger partial charge is 0.397 e. The highest BCUT2D eigenvalue weighted by atomic mass is 32.1. The van der Waals surface area contributed by atoms with Crippen molar-refractivity contribution in [2.24, 2.45) is 7.05 Å². The molecule has 0 aliphatic heterocycles. The summed E-state index contributed by atoms with van der Waals surface area (Å²) < 4.78 is 7.08. The van der Waals surface area contributed by atoms with Gasteiger partial charge in [0.05, 0.1) is 18.2 Å². The summed E-state index contributed by atoms with van der Waals surface area (Å²) in [6.45, 7) is 1.95. The van der Waals surface area contributed by atoms with Gasteiger partial charge in [-0.05, 0) is 17.9 Å². The van der Waals surface area contributed by atoms with E-state index in [9.17, 15) is 0 Å². The van der Waals surface area contributed by atoms with E-state index in [1.807, 2.05) is 23.9 Å². The first kappa shape index (κ1) is 11.0. The van der Waals surface area contributed by atoms with Crippen LogP contribution >= 0.6 is 11.3 Å². The average molecular weight is 261 g/mol. The van der Waals surface area contributed by atoms with Gasteiger partial charge in [0, 0.05) is 7.05 Å². The predicted molar refractivity (Wildman–Crippen MR) is 69.0 cm³/mol. The number of nitrogens with two attached hydrogens (primary N) is 1. The Hall–Kier alpha value is -2.15. The Bertz CT molecular complexity index is 696. The fraction of sp³-hybridized carbons (Fsp3) is 0.182. The SMILES string of the molecule is Cc1csc(-c2nc(-c3cncn3C)no2)c1N. The Morgan fingerprint density at radius 1 is 1.44 bits per heavy atom. The van der Waals surface area contributed by atoms with Crippen molar-refractivity contribution in [3.05, 3.63) is 23.5 Å². The van der Waals surface area contributed by atoms with Crippen LogP contribution in [0.15, 0.2) is 22.4 Å². The molecule has 0 amide bonds. The zero-order valence-corrected chi connectivity index (χ0v) is 10.7. The summed E-state index contributed by atoms with van der Waals surface area (Å²) in [5, 5.41) is 5.92. The van der Waals surface area contributed by atoms with Crippen molar-refractivity contribution >= 4 is 17.0 Å². The smallest absolute Gasteiger partial charge is 0.270 e. The molecule has 92 valence electrons. The molecule has 3 heterocycles. The van der Waals surface area contributed by atoms with E-state index in [0.717, 1.165) is 16.1 Å². The average Bonchev–Trinajstić information content (AvgIpc) is 3.02. The number of anilines is 1. The van der Waals surface area contributed by atoms with Crippen molar-refractivity contribution < 1.29 is 4.52 Å². The normalized spacial score (nSPS) is 11.0. The summed E-state index contributed by atoms with van der Waals surface area (Å²) in [6.07, 6.45) is 3.38. The summed E-state index contributed by atoms with van der Waals surface area (Å²) >= 11 is 1.50. The number of nitrogen functional groups attached to an aromatic ring is 1. The highest BCUT2D eigenvalue weighted by Gasteiger charge is 2.17. The van der Waals surface area contributed by atoms with Crippen LogP contribution in [0.25, 0.3) is 22.3 Å². The standard InChI is InChI=1S/C11H11N5OS/c1-6-4-18-9(8(6)12)11-14-10(15-17-11)7-3-13-5-16(7)2/h3-5H,12H2,1-2H3. The monoisotopic (exact) mass is 261 g/mol. The number of imidazole rings is 1. The second-order valence-corrected chi connectivity index (χ2v) is 4.85. The topological polar surface area (TPSA) is 82.8 Å². The summed E-state index contributed by atoms with van der Waals surface area (Å²) in [6, 6.07) is 0. The third-order valence-electron chi connectivity index (χ3n) is 2.69. The van der Waals surface area contributed by atoms with E-state index in [1.54, 1.807) is 12.5 Å². The molecular weight excluding hydrogens is 250 g/mol. The minimum absolute atomic E-state index is 0.446. The van der Waals surface area contributed by atoms with Crippen molar-refractivity contribution in [2.45, 2.75) is 6.92 Å². The van der Waals surface area contributed by atoms with Gasteiger partial charge in [-0.2, -0.15) is 4.98 Å². The molecule has 3 rings (SSSR count). The van der Waals surface area contributed by atoms with E-state index in [-0.39, 0.29) is 0 Å². The Morgan fingerprint density at radius 2 is 2.28 bits per heavy atom. The molecular formula is C11H11N5OS. The van der Waals surface area contributed by atoms with Crippen molar-refractivity contribution in [1.82, 2.24) is 19.7 Å². The van der Waals surface area contributed by atoms with Gasteiger partial charge in [0.1, 0.15) is 10.6 Å². The van der Waals surface area contributed by atoms with E-state index >= 15 is 0 Å². The molecule has 6 nitrogen and oxygen atoms in total. The van der Waals surface area contributed by atoms with Crippen molar-refractivity contribution in [1.29, 1.82) is 0 Å². The fourth-order valence-electron chi connectivity index (χ4n) is 1.61. The molecule has 0 saturated heterocycles. The van der Waals surface area contributed by atoms with Gasteiger partial charge in [-0.3, -0.25) is 0 Å². The molecule has 0 aromatic carbocycles. The van der Waals surface area contributed by atoms with E-state index in [4.69, 9.17) is 10.3 Å². The highest BCUT2D eigenvalue weighted by Crippen LogP contribution is 2.34. The maximum atomic E-state index is 5.96. The first-order chi connectivity index (χ1) is 8.66. The number of aryl methyl sites for hydroxylation is 2. The molecule has 18 heavy (non-hydrogen) atoms. The Kier molecular flexibility index (Phi) is 2.41. The number of hydrogen-bond acceptors (Lipinski definition) is 6. The second kappa shape index (κ2) is 3.95. The van der Waals surface area contributed by atoms with Crippen LogP contribution in [0.2, 0.25) is 0 Å². The molecule has 3 aromatic heterocycles. The third kappa shape index (κ3) is 1.60. The van der Waals surface area contributed by atoms with Crippen LogP contribution in [-0.2, 0) is 7.05 Å². The zero-order valence-electron chi connectivity index (χ0n) is 9.91. The molecule has 0 unspecified atom stereocenters. The zero-order chi connectivity index (χ0) is 12.7. The quantitative estimate of drug-likeness (QED) is 0.763. The molecule has 0 fully saturated rings. The van der Waals surface area contributed by atoms with Crippen LogP contribution in [0.1, 0.15) is 5.56 Å². The highest BCUT2D eigenvalue weighted by molar-refractivity contribution is 7.14. The number of nitrogens with zero attached hydrogens (tertiary/aromatic N) is 4. The van der Waals surface area contributed by atoms with Gasteiger partial charge in [-0.15, -0.1) is 11.3 Å². The molecule has 7 heteroatoms. The minimum Gasteiger partial charge on any atom is -0.397 e. The third-order valence-corrected chi connectivity index (χ3v) is 3.79. The number of thiophene rings is 1. The molecule has 3 aromatic rings. The molecule has 0 atom stereocenters. The second-order valence-electron chi connectivity index (χ2n) is 3.97. The minimum atomic E-state index is 0.446. The van der Waals surface area contributed by atoms with Crippen molar-refractivity contribution in [2.75, 3.05) is 5.73 Å². The summed E-state index contributed by atoms with van der Waals surface area (Å²) in [5.41, 5.74) is 8.48. The van der Waals surface area contributed by atoms with E-state index in [0.29, 0.717) is 17.4 Å². The van der Waals surface area contributed by atoms with Crippen LogP contribution < -0.4 is 5.73 Å². The van der Waals surface area contributed by atoms with E-state index in [1.165, 1.54) is 11.3 Å². The predicted octanol–water partition coefficient (Wildman–Crippen LogP) is 2.09. The van der Waals surface area contributed by atoms with Gasteiger partial charge < -0.3 is 14.8 Å². The van der Waals surface area contributed by atoms with Gasteiger partial charge in [0.25, 0.3) is 5.89 Å². The number of rotatable bonds is 2. The van der Waals surface area contributed by atoms with E-state index < -0.39 is 0 Å². The lowest BCUT2D eigenvalue weighted by Crippen LogP contribution is -1.91. The number of hydrogen-bond donors (Lipinski definition) is 1. The van der Waals surface area contributed by atoms with Gasteiger partial charge in [0.15, 0.2) is 0 Å². The summed E-state index contributed by atoms with van der Waals surface area (Å²) in [4.78, 5) is 9.18. The van der Waals surface area contributed by atoms with Crippen LogP contribution in [-0.4, -0.2) is 19.7 Å². The van der Waals surface area contributed by atoms with Crippen LogP contribution in [0.3, 0.4) is 0 Å². The molecule has 0 saturated carbocycles. The number of aromatic nitrogens is 4. The van der Waals surface area contributed by atoms with Crippen molar-refractivity contribution in [3.63, 3.8) is 0 Å². The van der Waals surface area contributed by atoms with Crippen LogP contribution in [0, 0.1) is 6.92 Å². The Labute approximate surface area is 107 Å². The molecule has 0 radical (unpaired) electrons. The van der Waals surface area contributed by atoms with Gasteiger partial charge in [0.2, 0.25) is 5.82 Å². The molecule has 2 N–H and O–H groups in total. The summed E-state index contributed by atoms with van der Waals surface area (Å²) in [7, 11) is 1.88. The van der Waals surface area contributed by atoms with Gasteiger partial charge in [-0.25, -0.2) is 4.98 Å². The van der Waals surface area contributed by atoms with Gasteiger partial charge >= 0.3 is 0 Å². The van der Waals surface area contributed by atoms with Gasteiger partial charge in [-0.1, -0.05) is 5.16 Å². The lowest BCUT2D eigenvalue weighted by molar-refractivity contribution is 0.433. The van der Waals surface area contributed by atoms with Crippen LogP contribution in [0.5, 0.6) is 0 Å². The molecule has 0 aliphatic carbocycles. The van der Waals surface area contributed by atoms with Crippen molar-refractivity contribution in [3.8, 4) is 22.3 Å². The maximum Gasteiger partial charge on any atom is 0.270 e. The van der Waals surface area contributed by atoms with Crippen LogP contribution in [0.4, 0.5) is 5.69 Å². The Morgan fingerprint density at radius 3 is 2.89 bits per heavy atom. The summed E-state index contributed by atoms with van der Waals surface area (Å²) in [5.74, 6) is 0.956. The first-order valence-electron chi connectivity index (χ1n) is 5.31. The Balaban J connectivity index is 2.05.